The van der Waals surface area contributed by atoms with Gasteiger partial charge in [0.15, 0.2) is 0 Å². The zero-order valence-electron chi connectivity index (χ0n) is 24.6. The number of nitrogens with zero attached hydrogens (tertiary/aromatic N) is 1. The van der Waals surface area contributed by atoms with Crippen molar-refractivity contribution < 1.29 is 32.4 Å². The zero-order chi connectivity index (χ0) is 32.1. The van der Waals surface area contributed by atoms with E-state index < -0.39 is 30.4 Å². The van der Waals surface area contributed by atoms with E-state index in [2.05, 4.69) is 5.32 Å². The first kappa shape index (κ1) is 30.4. The van der Waals surface area contributed by atoms with Crippen molar-refractivity contribution in [2.24, 2.45) is 0 Å². The molecule has 5 aromatic rings. The number of carbonyl (C=O) groups is 2. The number of nitrogens with one attached hydrogen (secondary N) is 1. The van der Waals surface area contributed by atoms with Crippen molar-refractivity contribution in [2.75, 3.05) is 13.3 Å². The van der Waals surface area contributed by atoms with Gasteiger partial charge in [-0.3, -0.25) is 4.79 Å². The molecule has 1 aromatic heterocycles. The first-order valence-electron chi connectivity index (χ1n) is 14.3. The van der Waals surface area contributed by atoms with Gasteiger partial charge in [-0.1, -0.05) is 42.5 Å². The van der Waals surface area contributed by atoms with E-state index in [0.717, 1.165) is 34.2 Å². The Bertz CT molecular complexity index is 1990. The Morgan fingerprint density at radius 2 is 1.60 bits per heavy atom. The van der Waals surface area contributed by atoms with Crippen LogP contribution in [0.4, 0.5) is 13.2 Å². The van der Waals surface area contributed by atoms with Gasteiger partial charge in [0.05, 0.1) is 27.7 Å². The average Bonchev–Trinajstić information content (AvgIpc) is 3.67. The lowest BCUT2D eigenvalue weighted by Crippen LogP contribution is -2.35. The van der Waals surface area contributed by atoms with Crippen LogP contribution >= 0.6 is 7.14 Å². The summed E-state index contributed by atoms with van der Waals surface area (Å²) < 4.78 is 54.1. The van der Waals surface area contributed by atoms with Crippen molar-refractivity contribution in [3.05, 3.63) is 125 Å². The van der Waals surface area contributed by atoms with Crippen LogP contribution in [-0.4, -0.2) is 34.9 Å². The third-order valence-electron chi connectivity index (χ3n) is 8.33. The van der Waals surface area contributed by atoms with Crippen LogP contribution in [0.25, 0.3) is 22.0 Å². The largest absolute Gasteiger partial charge is 0.478 e. The van der Waals surface area contributed by atoms with Crippen molar-refractivity contribution in [3.8, 4) is 11.1 Å². The normalized spacial score (nSPS) is 14.3. The van der Waals surface area contributed by atoms with E-state index in [-0.39, 0.29) is 18.0 Å². The van der Waals surface area contributed by atoms with Crippen molar-refractivity contribution >= 4 is 35.2 Å². The molecule has 1 aliphatic rings. The molecule has 1 saturated carbocycles. The third-order valence-corrected chi connectivity index (χ3v) is 9.85. The Hall–Kier alpha value is -4.62. The molecule has 230 valence electrons. The number of benzene rings is 4. The van der Waals surface area contributed by atoms with E-state index in [9.17, 15) is 32.4 Å². The molecule has 1 heterocycles. The van der Waals surface area contributed by atoms with E-state index in [1.165, 1.54) is 24.3 Å². The lowest BCUT2D eigenvalue weighted by molar-refractivity contribution is -0.137. The van der Waals surface area contributed by atoms with E-state index in [1.54, 1.807) is 31.5 Å². The van der Waals surface area contributed by atoms with Gasteiger partial charge in [0.25, 0.3) is 5.91 Å². The van der Waals surface area contributed by atoms with Crippen LogP contribution in [0.1, 0.15) is 50.2 Å². The van der Waals surface area contributed by atoms with Crippen molar-refractivity contribution in [1.82, 2.24) is 9.88 Å². The van der Waals surface area contributed by atoms with Crippen LogP contribution in [-0.2, 0) is 22.8 Å². The summed E-state index contributed by atoms with van der Waals surface area (Å²) in [6.07, 6.45) is -1.26. The summed E-state index contributed by atoms with van der Waals surface area (Å²) in [6, 6.07) is 24.5. The lowest BCUT2D eigenvalue weighted by atomic mass is 9.98. The molecule has 0 unspecified atom stereocenters. The van der Waals surface area contributed by atoms with Crippen LogP contribution in [0.2, 0.25) is 0 Å². The smallest absolute Gasteiger partial charge is 0.416 e. The highest BCUT2D eigenvalue weighted by atomic mass is 31.2. The molecular formula is C35H30F3N2O4P. The molecule has 1 amide bonds. The number of carboxylic acid groups (broad SMARTS) is 1. The van der Waals surface area contributed by atoms with Crippen molar-refractivity contribution in [1.29, 1.82) is 0 Å². The lowest BCUT2D eigenvalue weighted by Gasteiger charge is -2.20. The number of rotatable bonds is 8. The minimum Gasteiger partial charge on any atom is -0.478 e. The van der Waals surface area contributed by atoms with Crippen LogP contribution < -0.4 is 10.6 Å². The Morgan fingerprint density at radius 3 is 2.20 bits per heavy atom. The van der Waals surface area contributed by atoms with Gasteiger partial charge in [-0.25, -0.2) is 4.79 Å². The molecule has 0 atom stereocenters. The molecule has 1 aliphatic carbocycles. The Kier molecular flexibility index (Phi) is 7.48. The summed E-state index contributed by atoms with van der Waals surface area (Å²) in [6.45, 7) is 3.65. The summed E-state index contributed by atoms with van der Waals surface area (Å²) in [7, 11) is -2.55. The Morgan fingerprint density at radius 1 is 0.911 bits per heavy atom. The average molecular weight is 631 g/mol. The molecule has 6 rings (SSSR count). The minimum absolute atomic E-state index is 0.155. The molecule has 0 spiro atoms. The van der Waals surface area contributed by atoms with Crippen LogP contribution in [0, 0.1) is 0 Å². The standard InChI is InChI=1S/C35H30F3N2O4P/c1-45(2,44)29-5-3-4-24(19-29)26-18-25-14-17-40(21-22-6-10-28(11-7-22)35(36,37)38)31(25)30(20-26)32(41)39-34(15-16-34)27-12-8-23(9-13-27)33(42)43/h3-14,17-20H,15-16,21H2,1-2H3,(H,39,41)(H,42,43). The first-order valence-corrected chi connectivity index (χ1v) is 17.0. The fourth-order valence-corrected chi connectivity index (χ4v) is 6.56. The zero-order valence-corrected chi connectivity index (χ0v) is 25.5. The molecule has 0 bridgehead atoms. The topological polar surface area (TPSA) is 88.4 Å². The van der Waals surface area contributed by atoms with Crippen LogP contribution in [0.3, 0.4) is 0 Å². The molecule has 0 saturated heterocycles. The number of halogens is 3. The predicted molar refractivity (Wildman–Crippen MR) is 169 cm³/mol. The monoisotopic (exact) mass is 630 g/mol. The van der Waals surface area contributed by atoms with Crippen molar-refractivity contribution in [2.45, 2.75) is 31.1 Å². The van der Waals surface area contributed by atoms with Gasteiger partial charge >= 0.3 is 12.1 Å². The molecule has 45 heavy (non-hydrogen) atoms. The van der Waals surface area contributed by atoms with E-state index in [1.807, 2.05) is 47.2 Å². The molecule has 6 nitrogen and oxygen atoms in total. The maximum atomic E-state index is 14.1. The summed E-state index contributed by atoms with van der Waals surface area (Å²) in [5.41, 5.74) is 2.80. The Balaban J connectivity index is 1.42. The van der Waals surface area contributed by atoms with Gasteiger partial charge in [0.2, 0.25) is 0 Å². The number of hydrogen-bond donors (Lipinski definition) is 2. The summed E-state index contributed by atoms with van der Waals surface area (Å²) in [4.78, 5) is 25.5. The maximum Gasteiger partial charge on any atom is 0.416 e. The van der Waals surface area contributed by atoms with E-state index >= 15 is 0 Å². The number of alkyl halides is 3. The van der Waals surface area contributed by atoms with E-state index in [0.29, 0.717) is 34.8 Å². The predicted octanol–water partition coefficient (Wildman–Crippen LogP) is 7.74. The molecule has 2 N–H and O–H groups in total. The fourth-order valence-electron chi connectivity index (χ4n) is 5.66. The number of aromatic carboxylic acids is 1. The molecule has 10 heteroatoms. The van der Waals surface area contributed by atoms with Gasteiger partial charge in [-0.15, -0.1) is 0 Å². The number of hydrogen-bond acceptors (Lipinski definition) is 3. The summed E-state index contributed by atoms with van der Waals surface area (Å²) in [5.74, 6) is -1.36. The van der Waals surface area contributed by atoms with Gasteiger partial charge < -0.3 is 19.6 Å². The Labute approximate surface area is 257 Å². The van der Waals surface area contributed by atoms with Gasteiger partial charge in [0.1, 0.15) is 7.14 Å². The van der Waals surface area contributed by atoms with Gasteiger partial charge in [-0.2, -0.15) is 13.2 Å². The van der Waals surface area contributed by atoms with E-state index in [4.69, 9.17) is 0 Å². The number of carbonyl (C=O) groups excluding carboxylic acids is 1. The molecule has 0 radical (unpaired) electrons. The highest BCUT2D eigenvalue weighted by molar-refractivity contribution is 7.70. The molecule has 0 aliphatic heterocycles. The molecular weight excluding hydrogens is 600 g/mol. The van der Waals surface area contributed by atoms with Crippen LogP contribution in [0.15, 0.2) is 97.2 Å². The van der Waals surface area contributed by atoms with Crippen LogP contribution in [0.5, 0.6) is 0 Å². The maximum absolute atomic E-state index is 14.1. The molecule has 1 fully saturated rings. The highest BCUT2D eigenvalue weighted by Crippen LogP contribution is 2.46. The third kappa shape index (κ3) is 6.18. The van der Waals surface area contributed by atoms with Gasteiger partial charge in [-0.05, 0) is 97.0 Å². The number of fused-ring (bicyclic) bond motifs is 1. The second kappa shape index (κ2) is 11.1. The first-order chi connectivity index (χ1) is 21.2. The number of aromatic nitrogens is 1. The van der Waals surface area contributed by atoms with Crippen molar-refractivity contribution in [3.63, 3.8) is 0 Å². The fraction of sp³-hybridized carbons (Fsp3) is 0.200. The molecule has 4 aromatic carbocycles. The number of carboxylic acids is 1. The summed E-state index contributed by atoms with van der Waals surface area (Å²) >= 11 is 0. The van der Waals surface area contributed by atoms with Gasteiger partial charge in [0, 0.05) is 23.4 Å². The summed E-state index contributed by atoms with van der Waals surface area (Å²) in [5, 5.41) is 14.0. The SMILES string of the molecule is CP(C)(=O)c1cccc(-c2cc(C(=O)NC3(c4ccc(C(=O)O)cc4)CC3)c3c(ccn3Cc3ccc(C(F)(F)F)cc3)c2)c1. The minimum atomic E-state index is -4.44. The second-order valence-corrected chi connectivity index (χ2v) is 15.1. The highest BCUT2D eigenvalue weighted by Gasteiger charge is 2.46. The number of amides is 1. The quantitative estimate of drug-likeness (QED) is 0.172. The second-order valence-electron chi connectivity index (χ2n) is 11.9.